The lowest BCUT2D eigenvalue weighted by Gasteiger charge is -2.34. The Balaban J connectivity index is 1.23. The molecule has 148 valence electrons. The van der Waals surface area contributed by atoms with Gasteiger partial charge in [0.25, 0.3) is 0 Å². The second kappa shape index (κ2) is 9.07. The number of amides is 1. The Morgan fingerprint density at radius 2 is 1.82 bits per heavy atom. The molecule has 0 bridgehead atoms. The van der Waals surface area contributed by atoms with Crippen LogP contribution in [0.5, 0.6) is 0 Å². The van der Waals surface area contributed by atoms with Gasteiger partial charge in [-0.3, -0.25) is 14.7 Å². The minimum absolute atomic E-state index is 0.0691. The van der Waals surface area contributed by atoms with Gasteiger partial charge in [0.15, 0.2) is 0 Å². The molecule has 0 radical (unpaired) electrons. The van der Waals surface area contributed by atoms with Gasteiger partial charge in [0.1, 0.15) is 0 Å². The molecule has 0 spiro atoms. The van der Waals surface area contributed by atoms with Gasteiger partial charge in [0.2, 0.25) is 11.9 Å². The SMILES string of the molecule is O=C(CN1CCN(c2ncccn2)CC1)N[C@@H]1COC[C@H]1Cc1ccncc1. The summed E-state index contributed by atoms with van der Waals surface area (Å²) in [5, 5.41) is 3.18. The van der Waals surface area contributed by atoms with Crippen LogP contribution in [0.2, 0.25) is 0 Å². The zero-order valence-electron chi connectivity index (χ0n) is 15.9. The van der Waals surface area contributed by atoms with E-state index in [1.165, 1.54) is 5.56 Å². The fraction of sp³-hybridized carbons (Fsp3) is 0.500. The molecule has 2 saturated heterocycles. The minimum atomic E-state index is 0.0691. The molecule has 0 aliphatic carbocycles. The minimum Gasteiger partial charge on any atom is -0.379 e. The number of hydrogen-bond donors (Lipinski definition) is 1. The average Bonchev–Trinajstić information content (AvgIpc) is 3.16. The fourth-order valence-electron chi connectivity index (χ4n) is 3.80. The van der Waals surface area contributed by atoms with Crippen LogP contribution in [0.1, 0.15) is 5.56 Å². The number of rotatable bonds is 6. The molecule has 28 heavy (non-hydrogen) atoms. The summed E-state index contributed by atoms with van der Waals surface area (Å²) >= 11 is 0. The normalized spacial score (nSPS) is 22.9. The second-order valence-electron chi connectivity index (χ2n) is 7.34. The van der Waals surface area contributed by atoms with E-state index in [-0.39, 0.29) is 11.9 Å². The topological polar surface area (TPSA) is 83.5 Å². The van der Waals surface area contributed by atoms with Crippen LogP contribution in [-0.2, 0) is 16.0 Å². The summed E-state index contributed by atoms with van der Waals surface area (Å²) in [5.74, 6) is 1.13. The summed E-state index contributed by atoms with van der Waals surface area (Å²) in [7, 11) is 0. The lowest BCUT2D eigenvalue weighted by atomic mass is 9.95. The van der Waals surface area contributed by atoms with E-state index in [1.807, 2.05) is 18.2 Å². The Labute approximate surface area is 164 Å². The first-order valence-corrected chi connectivity index (χ1v) is 9.78. The van der Waals surface area contributed by atoms with Crippen molar-refractivity contribution < 1.29 is 9.53 Å². The molecular formula is C20H26N6O2. The molecule has 1 amide bonds. The lowest BCUT2D eigenvalue weighted by Crippen LogP contribution is -2.51. The van der Waals surface area contributed by atoms with E-state index < -0.39 is 0 Å². The third kappa shape index (κ3) is 4.82. The Bertz CT molecular complexity index is 752. The highest BCUT2D eigenvalue weighted by molar-refractivity contribution is 5.78. The van der Waals surface area contributed by atoms with Crippen LogP contribution in [-0.4, -0.2) is 77.7 Å². The molecule has 2 aliphatic rings. The van der Waals surface area contributed by atoms with Crippen molar-refractivity contribution in [3.05, 3.63) is 48.5 Å². The van der Waals surface area contributed by atoms with Crippen molar-refractivity contribution >= 4 is 11.9 Å². The molecule has 8 nitrogen and oxygen atoms in total. The number of nitrogens with zero attached hydrogens (tertiary/aromatic N) is 5. The summed E-state index contributed by atoms with van der Waals surface area (Å²) < 4.78 is 5.63. The van der Waals surface area contributed by atoms with Gasteiger partial charge >= 0.3 is 0 Å². The highest BCUT2D eigenvalue weighted by Crippen LogP contribution is 2.19. The monoisotopic (exact) mass is 382 g/mol. The Morgan fingerprint density at radius 3 is 2.57 bits per heavy atom. The third-order valence-corrected chi connectivity index (χ3v) is 5.37. The predicted octanol–water partition coefficient (Wildman–Crippen LogP) is 0.368. The Morgan fingerprint density at radius 1 is 1.07 bits per heavy atom. The molecule has 2 fully saturated rings. The van der Waals surface area contributed by atoms with Crippen molar-refractivity contribution in [2.45, 2.75) is 12.5 Å². The summed E-state index contributed by atoms with van der Waals surface area (Å²) in [4.78, 5) is 29.6. The van der Waals surface area contributed by atoms with Gasteiger partial charge in [-0.25, -0.2) is 9.97 Å². The molecule has 0 unspecified atom stereocenters. The first kappa shape index (κ1) is 18.8. The highest BCUT2D eigenvalue weighted by Gasteiger charge is 2.30. The molecule has 0 saturated carbocycles. The van der Waals surface area contributed by atoms with Gasteiger partial charge in [-0.2, -0.15) is 0 Å². The number of pyridine rings is 1. The molecule has 2 aromatic rings. The molecule has 2 aromatic heterocycles. The lowest BCUT2D eigenvalue weighted by molar-refractivity contribution is -0.123. The van der Waals surface area contributed by atoms with Gasteiger partial charge in [-0.05, 0) is 30.2 Å². The number of aromatic nitrogens is 3. The van der Waals surface area contributed by atoms with E-state index in [9.17, 15) is 4.79 Å². The Kier molecular flexibility index (Phi) is 6.08. The van der Waals surface area contributed by atoms with Crippen LogP contribution >= 0.6 is 0 Å². The van der Waals surface area contributed by atoms with Gasteiger partial charge < -0.3 is 15.0 Å². The largest absolute Gasteiger partial charge is 0.379 e. The molecular weight excluding hydrogens is 356 g/mol. The molecule has 2 atom stereocenters. The Hall–Kier alpha value is -2.58. The van der Waals surface area contributed by atoms with Gasteiger partial charge in [-0.15, -0.1) is 0 Å². The molecule has 0 aromatic carbocycles. The van der Waals surface area contributed by atoms with E-state index in [1.54, 1.807) is 24.8 Å². The van der Waals surface area contributed by atoms with Crippen molar-refractivity contribution in [1.82, 2.24) is 25.2 Å². The zero-order valence-corrected chi connectivity index (χ0v) is 15.9. The van der Waals surface area contributed by atoms with Crippen molar-refractivity contribution in [2.75, 3.05) is 50.8 Å². The number of hydrogen-bond acceptors (Lipinski definition) is 7. The van der Waals surface area contributed by atoms with Crippen LogP contribution in [0.15, 0.2) is 43.0 Å². The summed E-state index contributed by atoms with van der Waals surface area (Å²) in [5.41, 5.74) is 1.23. The summed E-state index contributed by atoms with van der Waals surface area (Å²) in [6, 6.07) is 5.93. The molecule has 1 N–H and O–H groups in total. The van der Waals surface area contributed by atoms with Crippen molar-refractivity contribution in [3.8, 4) is 0 Å². The molecule has 4 heterocycles. The third-order valence-electron chi connectivity index (χ3n) is 5.37. The van der Waals surface area contributed by atoms with E-state index in [4.69, 9.17) is 4.74 Å². The molecule has 4 rings (SSSR count). The van der Waals surface area contributed by atoms with Crippen LogP contribution in [0.3, 0.4) is 0 Å². The first-order valence-electron chi connectivity index (χ1n) is 9.78. The second-order valence-corrected chi connectivity index (χ2v) is 7.34. The van der Waals surface area contributed by atoms with Gasteiger partial charge in [-0.1, -0.05) is 0 Å². The number of anilines is 1. The van der Waals surface area contributed by atoms with E-state index in [0.29, 0.717) is 25.7 Å². The van der Waals surface area contributed by atoms with Crippen LogP contribution in [0.4, 0.5) is 5.95 Å². The van der Waals surface area contributed by atoms with E-state index in [0.717, 1.165) is 38.5 Å². The van der Waals surface area contributed by atoms with Crippen molar-refractivity contribution in [1.29, 1.82) is 0 Å². The number of nitrogens with one attached hydrogen (secondary N) is 1. The first-order chi connectivity index (χ1) is 13.8. The maximum absolute atomic E-state index is 12.6. The molecule has 8 heteroatoms. The quantitative estimate of drug-likeness (QED) is 0.773. The molecule has 2 aliphatic heterocycles. The fourth-order valence-corrected chi connectivity index (χ4v) is 3.80. The number of carbonyl (C=O) groups excluding carboxylic acids is 1. The van der Waals surface area contributed by atoms with Crippen LogP contribution in [0, 0.1) is 5.92 Å². The smallest absolute Gasteiger partial charge is 0.234 e. The summed E-state index contributed by atoms with van der Waals surface area (Å²) in [6.45, 7) is 5.00. The van der Waals surface area contributed by atoms with Crippen molar-refractivity contribution in [2.24, 2.45) is 5.92 Å². The van der Waals surface area contributed by atoms with Crippen LogP contribution in [0.25, 0.3) is 0 Å². The highest BCUT2D eigenvalue weighted by atomic mass is 16.5. The predicted molar refractivity (Wildman–Crippen MR) is 105 cm³/mol. The zero-order chi connectivity index (χ0) is 19.2. The number of ether oxygens (including phenoxy) is 1. The average molecular weight is 382 g/mol. The van der Waals surface area contributed by atoms with Crippen LogP contribution < -0.4 is 10.2 Å². The maximum Gasteiger partial charge on any atom is 0.234 e. The maximum atomic E-state index is 12.6. The van der Waals surface area contributed by atoms with Crippen molar-refractivity contribution in [3.63, 3.8) is 0 Å². The summed E-state index contributed by atoms with van der Waals surface area (Å²) in [6.07, 6.45) is 8.02. The van der Waals surface area contributed by atoms with E-state index in [2.05, 4.69) is 30.1 Å². The van der Waals surface area contributed by atoms with E-state index >= 15 is 0 Å². The number of carbonyl (C=O) groups is 1. The number of piperazine rings is 1. The van der Waals surface area contributed by atoms with Gasteiger partial charge in [0.05, 0.1) is 25.8 Å². The van der Waals surface area contributed by atoms with Gasteiger partial charge in [0, 0.05) is 56.9 Å². The standard InChI is InChI=1S/C20H26N6O2/c27-19(13-25-8-10-26(11-9-25)20-22-4-1-5-23-20)24-18-15-28-14-17(18)12-16-2-6-21-7-3-16/h1-7,17-18H,8-15H2,(H,24,27)/t17-,18-/m1/s1.